The van der Waals surface area contributed by atoms with E-state index in [0.29, 0.717) is 17.6 Å². The zero-order valence-corrected chi connectivity index (χ0v) is 20.7. The molecule has 4 aliphatic carbocycles. The van der Waals surface area contributed by atoms with Gasteiger partial charge in [-0.15, -0.1) is 0 Å². The molecule has 2 unspecified atom stereocenters. The average Bonchev–Trinajstić information content (AvgIpc) is 2.68. The van der Waals surface area contributed by atoms with Crippen molar-refractivity contribution >= 4 is 29.7 Å². The van der Waals surface area contributed by atoms with Crippen molar-refractivity contribution in [2.24, 2.45) is 11.8 Å². The van der Waals surface area contributed by atoms with Crippen molar-refractivity contribution in [2.45, 2.75) is 75.2 Å². The Morgan fingerprint density at radius 2 is 1.79 bits per heavy atom. The van der Waals surface area contributed by atoms with Crippen molar-refractivity contribution in [3.8, 4) is 5.75 Å². The normalized spacial score (nSPS) is 29.4. The fourth-order valence-corrected chi connectivity index (χ4v) is 7.84. The van der Waals surface area contributed by atoms with Crippen LogP contribution in [0.15, 0.2) is 24.3 Å². The Hall–Kier alpha value is -2.49. The molecular formula is C24H32N2O7S. The van der Waals surface area contributed by atoms with Crippen LogP contribution in [0, 0.1) is 22.0 Å². The highest BCUT2D eigenvalue weighted by Gasteiger charge is 2.58. The Labute approximate surface area is 203 Å². The summed E-state index contributed by atoms with van der Waals surface area (Å²) >= 11 is 1.83. The molecule has 1 N–H and O–H groups in total. The van der Waals surface area contributed by atoms with Crippen molar-refractivity contribution in [3.05, 3.63) is 34.4 Å². The summed E-state index contributed by atoms with van der Waals surface area (Å²) in [6, 6.07) is 5.26. The number of thioether (sulfide) groups is 1. The van der Waals surface area contributed by atoms with Gasteiger partial charge in [0.15, 0.2) is 0 Å². The molecule has 5 rings (SSSR count). The highest BCUT2D eigenvalue weighted by molar-refractivity contribution is 8.00. The number of alkyl carbamates (subject to hydrolysis) is 1. The van der Waals surface area contributed by atoms with Crippen LogP contribution in [0.2, 0.25) is 0 Å². The van der Waals surface area contributed by atoms with Crippen LogP contribution in [-0.4, -0.2) is 45.4 Å². The summed E-state index contributed by atoms with van der Waals surface area (Å²) in [5, 5.41) is 13.9. The van der Waals surface area contributed by atoms with Gasteiger partial charge in [0.1, 0.15) is 18.0 Å². The van der Waals surface area contributed by atoms with Crippen LogP contribution in [-0.2, 0) is 9.47 Å². The van der Waals surface area contributed by atoms with Crippen molar-refractivity contribution in [1.82, 2.24) is 5.32 Å². The number of ether oxygens (including phenoxy) is 3. The summed E-state index contributed by atoms with van der Waals surface area (Å²) in [6.45, 7) is 5.82. The van der Waals surface area contributed by atoms with Gasteiger partial charge in [0, 0.05) is 28.2 Å². The molecule has 34 heavy (non-hydrogen) atoms. The van der Waals surface area contributed by atoms with Crippen LogP contribution in [0.1, 0.15) is 59.3 Å². The van der Waals surface area contributed by atoms with Crippen LogP contribution >= 0.6 is 11.8 Å². The maximum atomic E-state index is 12.5. The number of nitro benzene ring substituents is 1. The number of hydrogen-bond donors (Lipinski definition) is 1. The van der Waals surface area contributed by atoms with E-state index < -0.39 is 16.7 Å². The van der Waals surface area contributed by atoms with E-state index in [1.807, 2.05) is 32.5 Å². The Balaban J connectivity index is 1.27. The van der Waals surface area contributed by atoms with Gasteiger partial charge in [0.05, 0.1) is 4.92 Å². The lowest BCUT2D eigenvalue weighted by atomic mass is 9.52. The molecule has 186 valence electrons. The smallest absolute Gasteiger partial charge is 0.444 e. The van der Waals surface area contributed by atoms with Crippen molar-refractivity contribution in [2.75, 3.05) is 12.4 Å². The van der Waals surface area contributed by atoms with E-state index in [0.717, 1.165) is 32.1 Å². The quantitative estimate of drug-likeness (QED) is 0.175. The molecule has 10 heteroatoms. The lowest BCUT2D eigenvalue weighted by Gasteiger charge is -2.61. The summed E-state index contributed by atoms with van der Waals surface area (Å²) < 4.78 is 15.9. The predicted molar refractivity (Wildman–Crippen MR) is 127 cm³/mol. The van der Waals surface area contributed by atoms with Crippen LogP contribution in [0.4, 0.5) is 15.3 Å². The molecule has 0 radical (unpaired) electrons. The Morgan fingerprint density at radius 1 is 1.15 bits per heavy atom. The molecule has 1 aromatic rings. The summed E-state index contributed by atoms with van der Waals surface area (Å²) in [6.07, 6.45) is 5.21. The Morgan fingerprint density at radius 3 is 2.38 bits per heavy atom. The van der Waals surface area contributed by atoms with Gasteiger partial charge in [-0.3, -0.25) is 10.1 Å². The summed E-state index contributed by atoms with van der Waals surface area (Å²) in [5.41, 5.74) is -0.819. The fraction of sp³-hybridized carbons (Fsp3) is 0.667. The Kier molecular flexibility index (Phi) is 6.72. The number of non-ortho nitro benzene ring substituents is 1. The second-order valence-corrected chi connectivity index (χ2v) is 12.4. The number of carbonyl (C=O) groups excluding carboxylic acids is 2. The molecule has 4 aliphatic rings. The lowest BCUT2D eigenvalue weighted by molar-refractivity contribution is -0.384. The molecule has 0 aromatic heterocycles. The van der Waals surface area contributed by atoms with E-state index in [9.17, 15) is 19.7 Å². The largest absolute Gasteiger partial charge is 0.513 e. The minimum absolute atomic E-state index is 0.0741. The second kappa shape index (κ2) is 9.28. The number of carbonyl (C=O) groups is 2. The van der Waals surface area contributed by atoms with E-state index in [1.165, 1.54) is 30.7 Å². The number of nitrogens with one attached hydrogen (secondary N) is 1. The number of hydrogen-bond acceptors (Lipinski definition) is 8. The number of nitrogens with zero attached hydrogens (tertiary/aromatic N) is 1. The molecule has 0 spiro atoms. The molecular weight excluding hydrogens is 460 g/mol. The van der Waals surface area contributed by atoms with Gasteiger partial charge in [-0.25, -0.2) is 9.59 Å². The minimum atomic E-state index is -0.831. The monoisotopic (exact) mass is 492 g/mol. The summed E-state index contributed by atoms with van der Waals surface area (Å²) in [5.74, 6) is 2.02. The molecule has 9 nitrogen and oxygen atoms in total. The first-order valence-electron chi connectivity index (χ1n) is 11.7. The molecule has 4 saturated carbocycles. The van der Waals surface area contributed by atoms with Gasteiger partial charge in [0.2, 0.25) is 0 Å². The van der Waals surface area contributed by atoms with E-state index in [2.05, 4.69) is 5.32 Å². The van der Waals surface area contributed by atoms with Gasteiger partial charge in [-0.2, -0.15) is 11.8 Å². The van der Waals surface area contributed by atoms with Crippen LogP contribution in [0.5, 0.6) is 5.75 Å². The molecule has 1 aromatic carbocycles. The summed E-state index contributed by atoms with van der Waals surface area (Å²) in [4.78, 5) is 34.7. The van der Waals surface area contributed by atoms with Gasteiger partial charge in [-0.05, 0) is 83.3 Å². The first kappa shape index (κ1) is 24.6. The van der Waals surface area contributed by atoms with Gasteiger partial charge in [0.25, 0.3) is 5.69 Å². The maximum absolute atomic E-state index is 12.5. The van der Waals surface area contributed by atoms with Crippen molar-refractivity contribution in [1.29, 1.82) is 0 Å². The van der Waals surface area contributed by atoms with E-state index in [1.54, 1.807) is 0 Å². The number of nitro groups is 1. The first-order chi connectivity index (χ1) is 15.9. The van der Waals surface area contributed by atoms with E-state index in [-0.39, 0.29) is 34.4 Å². The maximum Gasteiger partial charge on any atom is 0.513 e. The molecule has 0 saturated heterocycles. The summed E-state index contributed by atoms with van der Waals surface area (Å²) in [7, 11) is 0. The third-order valence-electron chi connectivity index (χ3n) is 6.73. The SMILES string of the molecule is CC(C)(C)OC(=O)NC12CC3CC(C1)CC(SCCOC(=O)Oc1ccc([N+](=O)[O-])cc1)(C3)C2. The number of amides is 1. The molecule has 1 amide bonds. The van der Waals surface area contributed by atoms with E-state index in [4.69, 9.17) is 14.2 Å². The van der Waals surface area contributed by atoms with Gasteiger partial charge >= 0.3 is 12.2 Å². The third kappa shape index (κ3) is 5.95. The topological polar surface area (TPSA) is 117 Å². The molecule has 4 bridgehead atoms. The van der Waals surface area contributed by atoms with E-state index >= 15 is 0 Å². The zero-order valence-electron chi connectivity index (χ0n) is 19.8. The van der Waals surface area contributed by atoms with Crippen LogP contribution in [0.25, 0.3) is 0 Å². The fourth-order valence-electron chi connectivity index (χ4n) is 6.16. The average molecular weight is 493 g/mol. The first-order valence-corrected chi connectivity index (χ1v) is 12.7. The van der Waals surface area contributed by atoms with Crippen molar-refractivity contribution < 1.29 is 28.7 Å². The molecule has 0 aliphatic heterocycles. The van der Waals surface area contributed by atoms with Crippen molar-refractivity contribution in [3.63, 3.8) is 0 Å². The zero-order chi connectivity index (χ0) is 24.6. The highest BCUT2D eigenvalue weighted by Crippen LogP contribution is 2.62. The van der Waals surface area contributed by atoms with Gasteiger partial charge < -0.3 is 19.5 Å². The standard InChI is InChI=1S/C24H32N2O7S/c1-22(2,3)33-20(27)25-23-11-16-10-17(12-23)14-24(13-16,15-23)34-9-8-31-21(28)32-19-6-4-18(5-7-19)26(29)30/h4-7,16-17H,8-15H2,1-3H3,(H,25,27). The minimum Gasteiger partial charge on any atom is -0.444 e. The Bertz CT molecular complexity index is 930. The van der Waals surface area contributed by atoms with Gasteiger partial charge in [-0.1, -0.05) is 0 Å². The second-order valence-electron chi connectivity index (χ2n) is 10.9. The molecule has 4 fully saturated rings. The predicted octanol–water partition coefficient (Wildman–Crippen LogP) is 5.46. The highest BCUT2D eigenvalue weighted by atomic mass is 32.2. The van der Waals surface area contributed by atoms with Crippen LogP contribution in [0.3, 0.4) is 0 Å². The lowest BCUT2D eigenvalue weighted by Crippen LogP contribution is -2.65. The number of rotatable bonds is 7. The molecule has 2 atom stereocenters. The number of benzene rings is 1. The third-order valence-corrected chi connectivity index (χ3v) is 8.19. The molecule has 0 heterocycles. The van der Waals surface area contributed by atoms with Crippen LogP contribution < -0.4 is 10.1 Å².